The largest absolute Gasteiger partial charge is 0.330 e. The zero-order valence-electron chi connectivity index (χ0n) is 5.60. The Bertz CT molecular complexity index is 68.7. The Labute approximate surface area is 60.6 Å². The molecule has 0 aromatic carbocycles. The van der Waals surface area contributed by atoms with E-state index in [-0.39, 0.29) is 0 Å². The van der Waals surface area contributed by atoms with Gasteiger partial charge in [0.15, 0.2) is 0 Å². The smallest absolute Gasteiger partial charge is 0.0184 e. The Morgan fingerprint density at radius 2 is 2.56 bits per heavy atom. The van der Waals surface area contributed by atoms with E-state index >= 15 is 0 Å². The highest BCUT2D eigenvalue weighted by atomic mass is 32.2. The quantitative estimate of drug-likeness (QED) is 0.577. The fraction of sp³-hybridized carbons (Fsp3) is 1.00. The van der Waals surface area contributed by atoms with Gasteiger partial charge in [-0.05, 0) is 13.0 Å². The molecule has 0 aromatic heterocycles. The van der Waals surface area contributed by atoms with Gasteiger partial charge in [0.2, 0.25) is 0 Å². The average molecular weight is 146 g/mol. The topological polar surface area (TPSA) is 38.0 Å². The van der Waals surface area contributed by atoms with E-state index in [1.807, 2.05) is 11.8 Å². The van der Waals surface area contributed by atoms with Crippen LogP contribution in [0.15, 0.2) is 0 Å². The molecule has 3 N–H and O–H groups in total. The van der Waals surface area contributed by atoms with Gasteiger partial charge in [0.25, 0.3) is 0 Å². The van der Waals surface area contributed by atoms with Crippen LogP contribution in [0, 0.1) is 0 Å². The lowest BCUT2D eigenvalue weighted by Crippen LogP contribution is -2.33. The van der Waals surface area contributed by atoms with Crippen molar-refractivity contribution in [3.8, 4) is 0 Å². The third-order valence-electron chi connectivity index (χ3n) is 1.49. The van der Waals surface area contributed by atoms with E-state index < -0.39 is 0 Å². The first-order valence-electron chi connectivity index (χ1n) is 3.46. The second-order valence-electron chi connectivity index (χ2n) is 2.27. The number of rotatable bonds is 2. The van der Waals surface area contributed by atoms with Crippen molar-refractivity contribution in [2.75, 3.05) is 25.4 Å². The second kappa shape index (κ2) is 4.14. The molecule has 0 amide bonds. The van der Waals surface area contributed by atoms with Crippen LogP contribution in [-0.4, -0.2) is 30.6 Å². The highest BCUT2D eigenvalue weighted by Gasteiger charge is 2.10. The highest BCUT2D eigenvalue weighted by molar-refractivity contribution is 8.00. The Morgan fingerprint density at radius 1 is 1.67 bits per heavy atom. The lowest BCUT2D eigenvalue weighted by atomic mass is 10.3. The van der Waals surface area contributed by atoms with Crippen LogP contribution in [0.25, 0.3) is 0 Å². The predicted molar refractivity (Wildman–Crippen MR) is 42.8 cm³/mol. The molecule has 1 unspecified atom stereocenters. The lowest BCUT2D eigenvalue weighted by molar-refractivity contribution is 0.642. The molecule has 1 fully saturated rings. The third kappa shape index (κ3) is 2.56. The highest BCUT2D eigenvalue weighted by Crippen LogP contribution is 2.15. The number of hydrogen-bond donors (Lipinski definition) is 2. The molecule has 2 nitrogen and oxygen atoms in total. The second-order valence-corrected chi connectivity index (χ2v) is 3.68. The molecule has 0 bridgehead atoms. The zero-order valence-corrected chi connectivity index (χ0v) is 6.41. The van der Waals surface area contributed by atoms with Gasteiger partial charge < -0.3 is 11.1 Å². The van der Waals surface area contributed by atoms with Gasteiger partial charge in [0.1, 0.15) is 0 Å². The predicted octanol–water partition coefficient (Wildman–Crippen LogP) is 0.0402. The first-order valence-corrected chi connectivity index (χ1v) is 4.50. The van der Waals surface area contributed by atoms with Crippen LogP contribution in [-0.2, 0) is 0 Å². The Hall–Kier alpha value is 0.270. The number of thioether (sulfide) groups is 1. The molecule has 0 spiro atoms. The summed E-state index contributed by atoms with van der Waals surface area (Å²) in [4.78, 5) is 0. The molecule has 1 atom stereocenters. The molecule has 1 aliphatic heterocycles. The number of hydrogen-bond acceptors (Lipinski definition) is 3. The Kier molecular flexibility index (Phi) is 3.40. The van der Waals surface area contributed by atoms with E-state index in [1.165, 1.54) is 12.3 Å². The normalized spacial score (nSPS) is 28.3. The average Bonchev–Trinajstić information content (AvgIpc) is 1.91. The fourth-order valence-electron chi connectivity index (χ4n) is 0.991. The summed E-state index contributed by atoms with van der Waals surface area (Å²) >= 11 is 2.05. The van der Waals surface area contributed by atoms with Gasteiger partial charge in [-0.3, -0.25) is 0 Å². The molecule has 0 saturated carbocycles. The van der Waals surface area contributed by atoms with Crippen molar-refractivity contribution in [1.29, 1.82) is 0 Å². The summed E-state index contributed by atoms with van der Waals surface area (Å²) in [6, 6.07) is 0. The van der Waals surface area contributed by atoms with Crippen molar-refractivity contribution in [2.45, 2.75) is 11.7 Å². The first kappa shape index (κ1) is 7.38. The van der Waals surface area contributed by atoms with Crippen molar-refractivity contribution in [3.05, 3.63) is 0 Å². The first-order chi connectivity index (χ1) is 4.43. The van der Waals surface area contributed by atoms with Crippen molar-refractivity contribution in [1.82, 2.24) is 5.32 Å². The van der Waals surface area contributed by atoms with Crippen LogP contribution in [0.5, 0.6) is 0 Å². The maximum absolute atomic E-state index is 5.42. The van der Waals surface area contributed by atoms with Gasteiger partial charge in [0, 0.05) is 24.1 Å². The zero-order chi connectivity index (χ0) is 6.53. The Balaban J connectivity index is 2.08. The summed E-state index contributed by atoms with van der Waals surface area (Å²) in [5.41, 5.74) is 5.42. The van der Waals surface area contributed by atoms with Crippen LogP contribution in [0.1, 0.15) is 6.42 Å². The Morgan fingerprint density at radius 3 is 3.11 bits per heavy atom. The molecule has 9 heavy (non-hydrogen) atoms. The fourth-order valence-corrected chi connectivity index (χ4v) is 2.12. The molecule has 0 aromatic rings. The molecule has 0 aliphatic carbocycles. The van der Waals surface area contributed by atoms with Crippen LogP contribution in [0.3, 0.4) is 0 Å². The SMILES string of the molecule is NCCC1CNCCS1. The van der Waals surface area contributed by atoms with Crippen molar-refractivity contribution in [2.24, 2.45) is 5.73 Å². The van der Waals surface area contributed by atoms with Crippen LogP contribution in [0.4, 0.5) is 0 Å². The molecule has 54 valence electrons. The summed E-state index contributed by atoms with van der Waals surface area (Å²) < 4.78 is 0. The van der Waals surface area contributed by atoms with E-state index in [1.54, 1.807) is 0 Å². The summed E-state index contributed by atoms with van der Waals surface area (Å²) in [7, 11) is 0. The molecule has 3 heteroatoms. The van der Waals surface area contributed by atoms with Gasteiger partial charge in [-0.15, -0.1) is 0 Å². The summed E-state index contributed by atoms with van der Waals surface area (Å²) in [6.45, 7) is 3.16. The maximum atomic E-state index is 5.42. The number of nitrogens with two attached hydrogens (primary N) is 1. The van der Waals surface area contributed by atoms with Crippen molar-refractivity contribution in [3.63, 3.8) is 0 Å². The van der Waals surface area contributed by atoms with Gasteiger partial charge in [-0.2, -0.15) is 11.8 Å². The van der Waals surface area contributed by atoms with Gasteiger partial charge in [-0.25, -0.2) is 0 Å². The van der Waals surface area contributed by atoms with E-state index in [4.69, 9.17) is 5.73 Å². The van der Waals surface area contributed by atoms with Gasteiger partial charge in [-0.1, -0.05) is 0 Å². The molecule has 1 heterocycles. The monoisotopic (exact) mass is 146 g/mol. The molecular formula is C6H14N2S. The van der Waals surface area contributed by atoms with E-state index in [0.29, 0.717) is 0 Å². The van der Waals surface area contributed by atoms with Crippen molar-refractivity contribution < 1.29 is 0 Å². The van der Waals surface area contributed by atoms with E-state index in [2.05, 4.69) is 5.32 Å². The number of nitrogens with one attached hydrogen (secondary N) is 1. The maximum Gasteiger partial charge on any atom is 0.0184 e. The summed E-state index contributed by atoms with van der Waals surface area (Å²) in [6.07, 6.45) is 1.16. The van der Waals surface area contributed by atoms with E-state index in [9.17, 15) is 0 Å². The van der Waals surface area contributed by atoms with Gasteiger partial charge in [0.05, 0.1) is 0 Å². The molecule has 1 aliphatic rings. The summed E-state index contributed by atoms with van der Waals surface area (Å²) in [5.74, 6) is 1.25. The van der Waals surface area contributed by atoms with Crippen molar-refractivity contribution >= 4 is 11.8 Å². The molecule has 0 radical (unpaired) electrons. The third-order valence-corrected chi connectivity index (χ3v) is 2.81. The molecule has 1 saturated heterocycles. The van der Waals surface area contributed by atoms with Crippen LogP contribution >= 0.6 is 11.8 Å². The standard InChI is InChI=1S/C6H14N2S/c7-2-1-6-5-8-3-4-9-6/h6,8H,1-5,7H2. The van der Waals surface area contributed by atoms with Gasteiger partial charge >= 0.3 is 0 Å². The van der Waals surface area contributed by atoms with Crippen LogP contribution in [0.2, 0.25) is 0 Å². The van der Waals surface area contributed by atoms with E-state index in [0.717, 1.165) is 24.8 Å². The minimum Gasteiger partial charge on any atom is -0.330 e. The lowest BCUT2D eigenvalue weighted by Gasteiger charge is -2.21. The molecular weight excluding hydrogens is 132 g/mol. The molecule has 1 rings (SSSR count). The van der Waals surface area contributed by atoms with Crippen LogP contribution < -0.4 is 11.1 Å². The minimum atomic E-state index is 0.781. The summed E-state index contributed by atoms with van der Waals surface area (Å²) in [5, 5.41) is 4.12. The minimum absolute atomic E-state index is 0.781.